The van der Waals surface area contributed by atoms with Gasteiger partial charge in [0.1, 0.15) is 0 Å². The Labute approximate surface area is 172 Å². The normalized spacial score (nSPS) is 10.5. The van der Waals surface area contributed by atoms with Gasteiger partial charge in [-0.15, -0.1) is 0 Å². The van der Waals surface area contributed by atoms with Gasteiger partial charge in [-0.05, 0) is 30.7 Å². The van der Waals surface area contributed by atoms with Gasteiger partial charge >= 0.3 is 5.97 Å². The zero-order valence-corrected chi connectivity index (χ0v) is 16.5. The molecule has 0 unspecified atom stereocenters. The van der Waals surface area contributed by atoms with E-state index in [0.717, 1.165) is 0 Å². The third kappa shape index (κ3) is 6.59. The van der Waals surface area contributed by atoms with Gasteiger partial charge in [-0.25, -0.2) is 10.2 Å². The van der Waals surface area contributed by atoms with Gasteiger partial charge in [0.05, 0.1) is 31.3 Å². The van der Waals surface area contributed by atoms with Crippen molar-refractivity contribution in [2.45, 2.75) is 13.3 Å². The number of amides is 1. The summed E-state index contributed by atoms with van der Waals surface area (Å²) in [6, 6.07) is 10.9. The molecule has 0 saturated heterocycles. The zero-order chi connectivity index (χ0) is 21.9. The number of esters is 1. The van der Waals surface area contributed by atoms with Crippen molar-refractivity contribution in [2.24, 2.45) is 5.10 Å². The number of hydrazone groups is 1. The molecule has 0 bridgehead atoms. The van der Waals surface area contributed by atoms with Crippen molar-refractivity contribution in [3.63, 3.8) is 0 Å². The summed E-state index contributed by atoms with van der Waals surface area (Å²) in [6.07, 6.45) is 1.20. The molecule has 2 rings (SSSR count). The summed E-state index contributed by atoms with van der Waals surface area (Å²) in [5.74, 6) is -0.272. The number of carbonyl (C=O) groups excluding carboxylic acids is 2. The summed E-state index contributed by atoms with van der Waals surface area (Å²) in [5.41, 5.74) is 3.09. The molecule has 0 aliphatic heterocycles. The van der Waals surface area contributed by atoms with E-state index >= 15 is 0 Å². The molecule has 0 aromatic heterocycles. The van der Waals surface area contributed by atoms with Crippen LogP contribution < -0.4 is 14.9 Å². The highest BCUT2D eigenvalue weighted by Gasteiger charge is 2.15. The topological polar surface area (TPSA) is 129 Å². The molecule has 0 atom stereocenters. The number of nitrogens with zero attached hydrogens (tertiary/aromatic N) is 2. The van der Waals surface area contributed by atoms with Gasteiger partial charge in [-0.2, -0.15) is 5.10 Å². The summed E-state index contributed by atoms with van der Waals surface area (Å²) in [6.45, 7) is 1.71. The maximum Gasteiger partial charge on any atom is 0.344 e. The molecule has 0 heterocycles. The number of methoxy groups -OCH3 is 1. The molecule has 2 aromatic carbocycles. The van der Waals surface area contributed by atoms with Crippen LogP contribution >= 0.6 is 0 Å². The van der Waals surface area contributed by atoms with Crippen LogP contribution in [0.5, 0.6) is 11.5 Å². The number of hydrogen-bond acceptors (Lipinski definition) is 8. The summed E-state index contributed by atoms with van der Waals surface area (Å²) in [5, 5.41) is 14.9. The van der Waals surface area contributed by atoms with Crippen molar-refractivity contribution >= 4 is 23.8 Å². The number of nitro groups is 1. The first-order chi connectivity index (χ1) is 14.4. The number of carbonyl (C=O) groups is 2. The van der Waals surface area contributed by atoms with E-state index in [4.69, 9.17) is 14.2 Å². The van der Waals surface area contributed by atoms with Crippen LogP contribution in [0.4, 0.5) is 5.69 Å². The van der Waals surface area contributed by atoms with Crippen molar-refractivity contribution in [1.29, 1.82) is 0 Å². The minimum Gasteiger partial charge on any atom is -0.493 e. The van der Waals surface area contributed by atoms with Crippen molar-refractivity contribution in [1.82, 2.24) is 5.43 Å². The van der Waals surface area contributed by atoms with E-state index in [0.29, 0.717) is 22.6 Å². The number of nitrogens with one attached hydrogen (secondary N) is 1. The van der Waals surface area contributed by atoms with Crippen LogP contribution in [0.15, 0.2) is 47.6 Å². The van der Waals surface area contributed by atoms with Gasteiger partial charge in [0, 0.05) is 11.6 Å². The molecule has 158 valence electrons. The molecule has 1 N–H and O–H groups in total. The molecule has 0 radical (unpaired) electrons. The second-order valence-electron chi connectivity index (χ2n) is 5.86. The van der Waals surface area contributed by atoms with E-state index in [9.17, 15) is 19.7 Å². The summed E-state index contributed by atoms with van der Waals surface area (Å²) in [4.78, 5) is 33.9. The smallest absolute Gasteiger partial charge is 0.344 e. The van der Waals surface area contributed by atoms with Crippen LogP contribution in [0.3, 0.4) is 0 Å². The third-order valence-corrected chi connectivity index (χ3v) is 3.78. The Morgan fingerprint density at radius 1 is 1.20 bits per heavy atom. The van der Waals surface area contributed by atoms with Crippen molar-refractivity contribution in [3.8, 4) is 11.5 Å². The average Bonchev–Trinajstić information content (AvgIpc) is 2.73. The van der Waals surface area contributed by atoms with Gasteiger partial charge in [0.15, 0.2) is 18.1 Å². The van der Waals surface area contributed by atoms with Crippen molar-refractivity contribution < 1.29 is 28.7 Å². The third-order valence-electron chi connectivity index (χ3n) is 3.78. The van der Waals surface area contributed by atoms with Crippen molar-refractivity contribution in [3.05, 3.63) is 63.7 Å². The fourth-order valence-corrected chi connectivity index (χ4v) is 2.45. The van der Waals surface area contributed by atoms with Crippen LogP contribution in [0.25, 0.3) is 0 Å². The Morgan fingerprint density at radius 2 is 1.97 bits per heavy atom. The maximum atomic E-state index is 12.0. The number of nitro benzene ring substituents is 1. The van der Waals surface area contributed by atoms with Crippen LogP contribution in [0.1, 0.15) is 18.1 Å². The van der Waals surface area contributed by atoms with Crippen LogP contribution in [-0.4, -0.2) is 43.3 Å². The SMILES string of the molecule is CCOC(=O)COc1ccc(/C=N/NC(=O)Cc2ccccc2[N+](=O)[O-])cc1OC. The Balaban J connectivity index is 1.96. The molecular weight excluding hydrogens is 394 g/mol. The molecule has 2 aromatic rings. The predicted octanol–water partition coefficient (Wildman–Crippen LogP) is 2.24. The second kappa shape index (κ2) is 11.1. The van der Waals surface area contributed by atoms with Gasteiger partial charge in [0.25, 0.3) is 5.69 Å². The number of ether oxygens (including phenoxy) is 3. The first-order valence-electron chi connectivity index (χ1n) is 8.95. The van der Waals surface area contributed by atoms with E-state index in [1.54, 1.807) is 31.2 Å². The zero-order valence-electron chi connectivity index (χ0n) is 16.5. The lowest BCUT2D eigenvalue weighted by molar-refractivity contribution is -0.385. The average molecular weight is 415 g/mol. The van der Waals surface area contributed by atoms with Crippen LogP contribution in [-0.2, 0) is 20.7 Å². The molecule has 1 amide bonds. The molecule has 30 heavy (non-hydrogen) atoms. The first kappa shape index (κ1) is 22.3. The number of para-hydroxylation sites is 1. The minimum atomic E-state index is -0.538. The molecule has 0 fully saturated rings. The maximum absolute atomic E-state index is 12.0. The van der Waals surface area contributed by atoms with E-state index in [2.05, 4.69) is 10.5 Å². The van der Waals surface area contributed by atoms with Gasteiger partial charge < -0.3 is 14.2 Å². The second-order valence-corrected chi connectivity index (χ2v) is 5.86. The van der Waals surface area contributed by atoms with E-state index in [1.165, 1.54) is 31.5 Å². The molecule has 0 aliphatic carbocycles. The monoisotopic (exact) mass is 415 g/mol. The predicted molar refractivity (Wildman–Crippen MR) is 108 cm³/mol. The molecule has 10 nitrogen and oxygen atoms in total. The van der Waals surface area contributed by atoms with Gasteiger partial charge in [-0.1, -0.05) is 18.2 Å². The van der Waals surface area contributed by atoms with Crippen LogP contribution in [0, 0.1) is 10.1 Å². The van der Waals surface area contributed by atoms with E-state index < -0.39 is 16.8 Å². The largest absolute Gasteiger partial charge is 0.493 e. The van der Waals surface area contributed by atoms with Gasteiger partial charge in [0.2, 0.25) is 5.91 Å². The van der Waals surface area contributed by atoms with Crippen molar-refractivity contribution in [2.75, 3.05) is 20.3 Å². The molecule has 10 heteroatoms. The molecule has 0 spiro atoms. The summed E-state index contributed by atoms with van der Waals surface area (Å²) >= 11 is 0. The fraction of sp³-hybridized carbons (Fsp3) is 0.250. The Bertz CT molecular complexity index is 944. The first-order valence-corrected chi connectivity index (χ1v) is 8.95. The number of benzene rings is 2. The molecule has 0 saturated carbocycles. The lowest BCUT2D eigenvalue weighted by Crippen LogP contribution is -2.20. The number of rotatable bonds is 10. The lowest BCUT2D eigenvalue weighted by atomic mass is 10.1. The number of hydrogen-bond donors (Lipinski definition) is 1. The van der Waals surface area contributed by atoms with Crippen LogP contribution in [0.2, 0.25) is 0 Å². The highest BCUT2D eigenvalue weighted by molar-refractivity contribution is 5.84. The van der Waals surface area contributed by atoms with E-state index in [1.807, 2.05) is 0 Å². The minimum absolute atomic E-state index is 0.125. The Hall–Kier alpha value is -3.95. The lowest BCUT2D eigenvalue weighted by Gasteiger charge is -2.10. The van der Waals surface area contributed by atoms with Gasteiger partial charge in [-0.3, -0.25) is 14.9 Å². The molecule has 0 aliphatic rings. The Kier molecular flexibility index (Phi) is 8.30. The Morgan fingerprint density at radius 3 is 2.67 bits per heavy atom. The quantitative estimate of drug-likeness (QED) is 0.273. The highest BCUT2D eigenvalue weighted by atomic mass is 16.6. The fourth-order valence-electron chi connectivity index (χ4n) is 2.45. The van der Waals surface area contributed by atoms with E-state index in [-0.39, 0.29) is 25.3 Å². The summed E-state index contributed by atoms with van der Waals surface area (Å²) in [7, 11) is 1.45. The highest BCUT2D eigenvalue weighted by Crippen LogP contribution is 2.27. The summed E-state index contributed by atoms with van der Waals surface area (Å²) < 4.78 is 15.4. The standard InChI is InChI=1S/C20H21N3O7/c1-3-29-20(25)13-30-17-9-8-14(10-18(17)28-2)12-21-22-19(24)11-15-6-4-5-7-16(15)23(26)27/h4-10,12H,3,11,13H2,1-2H3,(H,22,24)/b21-12+. The molecular formula is C20H21N3O7.